The molecule has 0 spiro atoms. The average Bonchev–Trinajstić information content (AvgIpc) is 2.65. The van der Waals surface area contributed by atoms with Gasteiger partial charge < -0.3 is 10.6 Å². The summed E-state index contributed by atoms with van der Waals surface area (Å²) in [4.78, 5) is 4.54. The van der Waals surface area contributed by atoms with E-state index in [9.17, 15) is 8.42 Å². The van der Waals surface area contributed by atoms with Gasteiger partial charge in [0.25, 0.3) is 0 Å². The molecule has 0 heterocycles. The average molecular weight is 487 g/mol. The van der Waals surface area contributed by atoms with Crippen molar-refractivity contribution < 1.29 is 8.42 Å². The molecule has 2 aromatic rings. The number of hydrogen-bond donors (Lipinski definition) is 2. The van der Waals surface area contributed by atoms with E-state index < -0.39 is 9.84 Å². The molecule has 0 radical (unpaired) electrons. The zero-order chi connectivity index (χ0) is 18.1. The van der Waals surface area contributed by atoms with Crippen molar-refractivity contribution in [2.45, 2.75) is 30.8 Å². The molecule has 2 aromatic carbocycles. The van der Waals surface area contributed by atoms with Crippen molar-refractivity contribution in [2.24, 2.45) is 4.99 Å². The van der Waals surface area contributed by atoms with E-state index in [4.69, 9.17) is 0 Å². The maximum Gasteiger partial charge on any atom is 0.191 e. The highest BCUT2D eigenvalue weighted by Gasteiger charge is 2.20. The fourth-order valence-corrected chi connectivity index (χ4v) is 4.03. The molecule has 26 heavy (non-hydrogen) atoms. The van der Waals surface area contributed by atoms with Crippen molar-refractivity contribution in [1.82, 2.24) is 10.6 Å². The molecule has 0 aromatic heterocycles. The van der Waals surface area contributed by atoms with Gasteiger partial charge in [-0.3, -0.25) is 4.99 Å². The van der Waals surface area contributed by atoms with Crippen molar-refractivity contribution >= 4 is 39.8 Å². The highest BCUT2D eigenvalue weighted by Crippen LogP contribution is 2.12. The van der Waals surface area contributed by atoms with Crippen LogP contribution in [0.1, 0.15) is 18.9 Å². The molecular weight excluding hydrogens is 461 g/mol. The molecule has 0 aliphatic carbocycles. The van der Waals surface area contributed by atoms with Crippen LogP contribution in [0.2, 0.25) is 0 Å². The van der Waals surface area contributed by atoms with E-state index in [1.165, 1.54) is 0 Å². The predicted octanol–water partition coefficient (Wildman–Crippen LogP) is 3.22. The summed E-state index contributed by atoms with van der Waals surface area (Å²) in [5.74, 6) is 0.624. The third-order valence-corrected chi connectivity index (χ3v) is 5.71. The number of sulfone groups is 1. The summed E-state index contributed by atoms with van der Waals surface area (Å²) in [6.45, 7) is 2.59. The standard InChI is InChI=1S/C19H25N3O2S.HI/c1-3-17(15-25(23,24)18-12-8-5-9-13-18)22-19(20-2)21-14-16-10-6-4-7-11-16;/h4-13,17H,3,14-15H2,1-2H3,(H2,20,21,22);1H. The smallest absolute Gasteiger partial charge is 0.191 e. The maximum absolute atomic E-state index is 12.6. The van der Waals surface area contributed by atoms with Gasteiger partial charge in [-0.05, 0) is 24.1 Å². The van der Waals surface area contributed by atoms with Gasteiger partial charge in [0.05, 0.1) is 10.6 Å². The minimum absolute atomic E-state index is 0. The van der Waals surface area contributed by atoms with Gasteiger partial charge in [-0.25, -0.2) is 8.42 Å². The number of halogens is 1. The van der Waals surface area contributed by atoms with E-state index >= 15 is 0 Å². The van der Waals surface area contributed by atoms with Crippen molar-refractivity contribution in [1.29, 1.82) is 0 Å². The minimum atomic E-state index is -3.34. The summed E-state index contributed by atoms with van der Waals surface area (Å²) < 4.78 is 25.1. The van der Waals surface area contributed by atoms with Crippen molar-refractivity contribution in [3.8, 4) is 0 Å². The predicted molar refractivity (Wildman–Crippen MR) is 118 cm³/mol. The van der Waals surface area contributed by atoms with Crippen LogP contribution < -0.4 is 10.6 Å². The molecule has 0 aliphatic rings. The van der Waals surface area contributed by atoms with Crippen molar-refractivity contribution in [3.63, 3.8) is 0 Å². The Morgan fingerprint density at radius 3 is 2.15 bits per heavy atom. The minimum Gasteiger partial charge on any atom is -0.353 e. The molecule has 142 valence electrons. The molecule has 1 atom stereocenters. The molecule has 0 amide bonds. The van der Waals surface area contributed by atoms with Gasteiger partial charge in [0.1, 0.15) is 0 Å². The summed E-state index contributed by atoms with van der Waals surface area (Å²) in [5.41, 5.74) is 1.13. The first-order chi connectivity index (χ1) is 12.0. The van der Waals surface area contributed by atoms with E-state index in [1.807, 2.05) is 43.3 Å². The second-order valence-electron chi connectivity index (χ2n) is 5.76. The molecule has 0 aliphatic heterocycles. The summed E-state index contributed by atoms with van der Waals surface area (Å²) in [6, 6.07) is 18.3. The molecule has 0 bridgehead atoms. The van der Waals surface area contributed by atoms with E-state index in [1.54, 1.807) is 31.3 Å². The van der Waals surface area contributed by atoms with Crippen LogP contribution in [0.15, 0.2) is 70.6 Å². The first kappa shape index (κ1) is 22.4. The largest absolute Gasteiger partial charge is 0.353 e. The molecule has 0 saturated carbocycles. The van der Waals surface area contributed by atoms with Crippen LogP contribution >= 0.6 is 24.0 Å². The van der Waals surface area contributed by atoms with Gasteiger partial charge in [0.15, 0.2) is 15.8 Å². The fourth-order valence-electron chi connectivity index (χ4n) is 2.42. The Hall–Kier alpha value is -1.61. The van der Waals surface area contributed by atoms with E-state index in [0.29, 0.717) is 23.8 Å². The number of nitrogens with zero attached hydrogens (tertiary/aromatic N) is 1. The molecule has 0 saturated heterocycles. The topological polar surface area (TPSA) is 70.6 Å². The molecule has 2 rings (SSSR count). The Morgan fingerprint density at radius 2 is 1.62 bits per heavy atom. The Morgan fingerprint density at radius 1 is 1.04 bits per heavy atom. The number of hydrogen-bond acceptors (Lipinski definition) is 3. The van der Waals surface area contributed by atoms with Gasteiger partial charge >= 0.3 is 0 Å². The lowest BCUT2D eigenvalue weighted by Gasteiger charge is -2.20. The monoisotopic (exact) mass is 487 g/mol. The Labute approximate surface area is 173 Å². The summed E-state index contributed by atoms with van der Waals surface area (Å²) >= 11 is 0. The van der Waals surface area contributed by atoms with Crippen molar-refractivity contribution in [3.05, 3.63) is 66.2 Å². The van der Waals surface area contributed by atoms with Gasteiger partial charge in [-0.1, -0.05) is 55.5 Å². The first-order valence-corrected chi connectivity index (χ1v) is 9.99. The van der Waals surface area contributed by atoms with E-state index in [0.717, 1.165) is 5.56 Å². The van der Waals surface area contributed by atoms with Crippen LogP contribution in [0.4, 0.5) is 0 Å². The van der Waals surface area contributed by atoms with Gasteiger partial charge in [0, 0.05) is 19.6 Å². The molecular formula is C19H26IN3O2S. The summed E-state index contributed by atoms with van der Waals surface area (Å²) in [6.07, 6.45) is 0.679. The zero-order valence-corrected chi connectivity index (χ0v) is 18.2. The van der Waals surface area contributed by atoms with Gasteiger partial charge in [-0.15, -0.1) is 24.0 Å². The SMILES string of the molecule is CCC(CS(=O)(=O)c1ccccc1)NC(=NC)NCc1ccccc1.I. The van der Waals surface area contributed by atoms with Crippen LogP contribution in [-0.4, -0.2) is 33.2 Å². The van der Waals surface area contributed by atoms with Crippen LogP contribution in [0, 0.1) is 0 Å². The number of nitrogens with one attached hydrogen (secondary N) is 2. The van der Waals surface area contributed by atoms with E-state index in [2.05, 4.69) is 15.6 Å². The summed E-state index contributed by atoms with van der Waals surface area (Å²) in [5, 5.41) is 6.43. The fraction of sp³-hybridized carbons (Fsp3) is 0.316. The van der Waals surface area contributed by atoms with Crippen LogP contribution in [0.25, 0.3) is 0 Å². The highest BCUT2D eigenvalue weighted by atomic mass is 127. The Balaban J connectivity index is 0.00000338. The molecule has 0 fully saturated rings. The third-order valence-electron chi connectivity index (χ3n) is 3.88. The lowest BCUT2D eigenvalue weighted by molar-refractivity contribution is 0.568. The lowest BCUT2D eigenvalue weighted by Crippen LogP contribution is -2.45. The van der Waals surface area contributed by atoms with Crippen LogP contribution in [0.5, 0.6) is 0 Å². The van der Waals surface area contributed by atoms with E-state index in [-0.39, 0.29) is 35.8 Å². The zero-order valence-electron chi connectivity index (χ0n) is 15.1. The van der Waals surface area contributed by atoms with Gasteiger partial charge in [0.2, 0.25) is 0 Å². The second-order valence-corrected chi connectivity index (χ2v) is 7.79. The molecule has 5 nitrogen and oxygen atoms in total. The highest BCUT2D eigenvalue weighted by molar-refractivity contribution is 14.0. The lowest BCUT2D eigenvalue weighted by atomic mass is 10.2. The normalized spacial score (nSPS) is 12.8. The third kappa shape index (κ3) is 6.95. The number of guanidine groups is 1. The van der Waals surface area contributed by atoms with Crippen molar-refractivity contribution in [2.75, 3.05) is 12.8 Å². The quantitative estimate of drug-likeness (QED) is 0.358. The number of aliphatic imine (C=N–C) groups is 1. The Kier molecular flexibility index (Phi) is 9.64. The number of rotatable bonds is 7. The first-order valence-electron chi connectivity index (χ1n) is 8.34. The molecule has 7 heteroatoms. The summed E-state index contributed by atoms with van der Waals surface area (Å²) in [7, 11) is -1.66. The maximum atomic E-state index is 12.6. The van der Waals surface area contributed by atoms with Crippen LogP contribution in [-0.2, 0) is 16.4 Å². The second kappa shape index (κ2) is 11.2. The van der Waals surface area contributed by atoms with Crippen LogP contribution in [0.3, 0.4) is 0 Å². The number of benzene rings is 2. The Bertz CT molecular complexity index is 781. The van der Waals surface area contributed by atoms with Gasteiger partial charge in [-0.2, -0.15) is 0 Å². The molecule has 2 N–H and O–H groups in total. The molecule has 1 unspecified atom stereocenters.